The van der Waals surface area contributed by atoms with Crippen molar-refractivity contribution in [1.82, 2.24) is 4.90 Å². The predicted octanol–water partition coefficient (Wildman–Crippen LogP) is 2.10. The lowest BCUT2D eigenvalue weighted by molar-refractivity contribution is -0.140. The van der Waals surface area contributed by atoms with Crippen LogP contribution in [0.25, 0.3) is 0 Å². The molecule has 5 heteroatoms. The van der Waals surface area contributed by atoms with Crippen LogP contribution in [0.15, 0.2) is 24.3 Å². The van der Waals surface area contributed by atoms with Crippen molar-refractivity contribution in [2.45, 2.75) is 31.3 Å². The molecule has 0 spiro atoms. The van der Waals surface area contributed by atoms with Crippen LogP contribution in [0.4, 0.5) is 0 Å². The number of hydrogen-bond acceptors (Lipinski definition) is 4. The summed E-state index contributed by atoms with van der Waals surface area (Å²) in [6.07, 6.45) is 3.41. The smallest absolute Gasteiger partial charge is 0.249 e. The summed E-state index contributed by atoms with van der Waals surface area (Å²) in [7, 11) is 3.21. The van der Waals surface area contributed by atoms with Gasteiger partial charge in [0.15, 0.2) is 0 Å². The lowest BCUT2D eigenvalue weighted by Crippen LogP contribution is -2.49. The third kappa shape index (κ3) is 2.90. The standard InChI is InChI=1S/C17H23NO4/c1-20-11-17(19)18-13-4-3-12(9-13)16(18)10-22-15-7-5-14(21-2)6-8-15/h5-8,12-13,16H,3-4,9-11H2,1-2H3/t12?,13?,16-/m0/s1. The minimum atomic E-state index is 0.0815. The topological polar surface area (TPSA) is 48.0 Å². The summed E-state index contributed by atoms with van der Waals surface area (Å²) in [5, 5.41) is 0. The van der Waals surface area contributed by atoms with Gasteiger partial charge in [0.05, 0.1) is 13.2 Å². The van der Waals surface area contributed by atoms with Crippen molar-refractivity contribution in [1.29, 1.82) is 0 Å². The number of methoxy groups -OCH3 is 2. The number of fused-ring (bicyclic) bond motifs is 2. The Morgan fingerprint density at radius 3 is 2.59 bits per heavy atom. The van der Waals surface area contributed by atoms with Crippen LogP contribution in [0.1, 0.15) is 19.3 Å². The van der Waals surface area contributed by atoms with Crippen molar-refractivity contribution >= 4 is 5.91 Å². The fraction of sp³-hybridized carbons (Fsp3) is 0.588. The summed E-state index contributed by atoms with van der Waals surface area (Å²) < 4.78 is 16.1. The van der Waals surface area contributed by atoms with Crippen molar-refractivity contribution < 1.29 is 19.0 Å². The Kier molecular flexibility index (Phi) is 4.52. The van der Waals surface area contributed by atoms with E-state index >= 15 is 0 Å². The Bertz CT molecular complexity index is 516. The molecule has 3 atom stereocenters. The third-order valence-corrected chi connectivity index (χ3v) is 4.78. The Hall–Kier alpha value is -1.75. The van der Waals surface area contributed by atoms with E-state index in [1.807, 2.05) is 29.2 Å². The van der Waals surface area contributed by atoms with Gasteiger partial charge in [-0.15, -0.1) is 0 Å². The third-order valence-electron chi connectivity index (χ3n) is 4.78. The van der Waals surface area contributed by atoms with Gasteiger partial charge in [-0.1, -0.05) is 0 Å². The first-order chi connectivity index (χ1) is 10.7. The van der Waals surface area contributed by atoms with E-state index in [1.165, 1.54) is 6.42 Å². The molecule has 0 aromatic heterocycles. The van der Waals surface area contributed by atoms with Gasteiger partial charge in [-0.3, -0.25) is 4.79 Å². The number of benzene rings is 1. The molecule has 1 amide bonds. The van der Waals surface area contributed by atoms with Crippen LogP contribution in [-0.2, 0) is 9.53 Å². The molecule has 1 saturated heterocycles. The lowest BCUT2D eigenvalue weighted by atomic mass is 9.99. The fourth-order valence-electron chi connectivity index (χ4n) is 3.75. The van der Waals surface area contributed by atoms with Gasteiger partial charge in [-0.25, -0.2) is 0 Å². The van der Waals surface area contributed by atoms with Gasteiger partial charge < -0.3 is 19.1 Å². The zero-order valence-electron chi connectivity index (χ0n) is 13.2. The van der Waals surface area contributed by atoms with Crippen LogP contribution in [0.5, 0.6) is 11.5 Å². The Labute approximate surface area is 131 Å². The average molecular weight is 305 g/mol. The number of amides is 1. The molecule has 2 unspecified atom stereocenters. The SMILES string of the molecule is COCC(=O)N1C2CCC(C2)[C@@H]1COc1ccc(OC)cc1. The van der Waals surface area contributed by atoms with E-state index in [0.717, 1.165) is 24.3 Å². The maximum atomic E-state index is 12.3. The van der Waals surface area contributed by atoms with Crippen molar-refractivity contribution in [3.05, 3.63) is 24.3 Å². The predicted molar refractivity (Wildman–Crippen MR) is 82.1 cm³/mol. The molecule has 0 N–H and O–H groups in total. The summed E-state index contributed by atoms with van der Waals surface area (Å²) in [6, 6.07) is 8.09. The highest BCUT2D eigenvalue weighted by atomic mass is 16.5. The maximum Gasteiger partial charge on any atom is 0.249 e. The largest absolute Gasteiger partial charge is 0.497 e. The molecular weight excluding hydrogens is 282 g/mol. The summed E-state index contributed by atoms with van der Waals surface area (Å²) in [4.78, 5) is 14.3. The van der Waals surface area contributed by atoms with E-state index in [1.54, 1.807) is 14.2 Å². The molecule has 1 aromatic rings. The molecule has 1 heterocycles. The van der Waals surface area contributed by atoms with Crippen molar-refractivity contribution in [3.8, 4) is 11.5 Å². The lowest BCUT2D eigenvalue weighted by Gasteiger charge is -2.35. The number of piperidine rings is 1. The van der Waals surface area contributed by atoms with E-state index in [2.05, 4.69) is 0 Å². The molecule has 1 aliphatic heterocycles. The Balaban J connectivity index is 1.63. The van der Waals surface area contributed by atoms with Gasteiger partial charge in [0.1, 0.15) is 24.7 Å². The van der Waals surface area contributed by atoms with Crippen molar-refractivity contribution in [2.75, 3.05) is 27.4 Å². The summed E-state index contributed by atoms with van der Waals surface area (Å²) >= 11 is 0. The first-order valence-corrected chi connectivity index (χ1v) is 7.80. The molecule has 1 saturated carbocycles. The molecule has 2 bridgehead atoms. The molecule has 22 heavy (non-hydrogen) atoms. The van der Waals surface area contributed by atoms with Gasteiger partial charge in [0.2, 0.25) is 5.91 Å². The zero-order chi connectivity index (χ0) is 15.5. The van der Waals surface area contributed by atoms with E-state index < -0.39 is 0 Å². The molecule has 0 radical (unpaired) electrons. The molecule has 2 aliphatic rings. The van der Waals surface area contributed by atoms with Gasteiger partial charge in [-0.2, -0.15) is 0 Å². The molecule has 5 nitrogen and oxygen atoms in total. The number of carbonyl (C=O) groups is 1. The Morgan fingerprint density at radius 2 is 1.91 bits per heavy atom. The number of likely N-dealkylation sites (tertiary alicyclic amines) is 1. The second-order valence-corrected chi connectivity index (χ2v) is 6.01. The normalized spacial score (nSPS) is 26.3. The second-order valence-electron chi connectivity index (χ2n) is 6.01. The first kappa shape index (κ1) is 15.2. The number of carbonyl (C=O) groups excluding carboxylic acids is 1. The molecular formula is C17H23NO4. The van der Waals surface area contributed by atoms with Crippen LogP contribution in [0, 0.1) is 5.92 Å². The van der Waals surface area contributed by atoms with E-state index in [4.69, 9.17) is 14.2 Å². The van der Waals surface area contributed by atoms with E-state index in [0.29, 0.717) is 18.6 Å². The molecule has 1 aromatic carbocycles. The summed E-state index contributed by atoms with van der Waals surface area (Å²) in [5.41, 5.74) is 0. The Morgan fingerprint density at radius 1 is 1.18 bits per heavy atom. The molecule has 2 fully saturated rings. The highest BCUT2D eigenvalue weighted by Crippen LogP contribution is 2.42. The number of nitrogens with zero attached hydrogens (tertiary/aromatic N) is 1. The minimum Gasteiger partial charge on any atom is -0.497 e. The van der Waals surface area contributed by atoms with Crippen molar-refractivity contribution in [2.24, 2.45) is 5.92 Å². The fourth-order valence-corrected chi connectivity index (χ4v) is 3.75. The number of ether oxygens (including phenoxy) is 3. The average Bonchev–Trinajstić information content (AvgIpc) is 3.14. The number of hydrogen-bond donors (Lipinski definition) is 0. The first-order valence-electron chi connectivity index (χ1n) is 7.80. The second kappa shape index (κ2) is 6.57. The minimum absolute atomic E-state index is 0.0815. The van der Waals surface area contributed by atoms with E-state index in [-0.39, 0.29) is 18.6 Å². The van der Waals surface area contributed by atoms with Crippen LogP contribution in [-0.4, -0.2) is 50.3 Å². The maximum absolute atomic E-state index is 12.3. The monoisotopic (exact) mass is 305 g/mol. The summed E-state index contributed by atoms with van der Waals surface area (Å²) in [5.74, 6) is 2.26. The van der Waals surface area contributed by atoms with Gasteiger partial charge in [0.25, 0.3) is 0 Å². The van der Waals surface area contributed by atoms with E-state index in [9.17, 15) is 4.79 Å². The molecule has 120 valence electrons. The van der Waals surface area contributed by atoms with Crippen molar-refractivity contribution in [3.63, 3.8) is 0 Å². The van der Waals surface area contributed by atoms with Crippen LogP contribution >= 0.6 is 0 Å². The molecule has 1 aliphatic carbocycles. The van der Waals surface area contributed by atoms with Crippen LogP contribution in [0.3, 0.4) is 0 Å². The van der Waals surface area contributed by atoms with Crippen LogP contribution in [0.2, 0.25) is 0 Å². The highest BCUT2D eigenvalue weighted by molar-refractivity contribution is 5.78. The zero-order valence-corrected chi connectivity index (χ0v) is 13.2. The van der Waals surface area contributed by atoms with Gasteiger partial charge >= 0.3 is 0 Å². The van der Waals surface area contributed by atoms with Crippen LogP contribution < -0.4 is 9.47 Å². The highest BCUT2D eigenvalue weighted by Gasteiger charge is 2.48. The molecule has 3 rings (SSSR count). The van der Waals surface area contributed by atoms with Gasteiger partial charge in [-0.05, 0) is 49.4 Å². The van der Waals surface area contributed by atoms with Gasteiger partial charge in [0, 0.05) is 13.2 Å². The number of rotatable bonds is 6. The summed E-state index contributed by atoms with van der Waals surface area (Å²) in [6.45, 7) is 0.700. The quantitative estimate of drug-likeness (QED) is 0.807.